The Morgan fingerprint density at radius 1 is 1.03 bits per heavy atom. The summed E-state index contributed by atoms with van der Waals surface area (Å²) in [6.07, 6.45) is 1.57. The van der Waals surface area contributed by atoms with Crippen molar-refractivity contribution in [2.75, 3.05) is 30.6 Å². The van der Waals surface area contributed by atoms with E-state index in [1.54, 1.807) is 67.5 Å². The third-order valence-electron chi connectivity index (χ3n) is 4.05. The van der Waals surface area contributed by atoms with Gasteiger partial charge >= 0.3 is 0 Å². The average molecular weight is 427 g/mol. The average Bonchev–Trinajstić information content (AvgIpc) is 3.17. The van der Waals surface area contributed by atoms with E-state index in [0.717, 1.165) is 0 Å². The molecule has 30 heavy (non-hydrogen) atoms. The van der Waals surface area contributed by atoms with E-state index in [4.69, 9.17) is 9.47 Å². The van der Waals surface area contributed by atoms with Crippen molar-refractivity contribution in [3.63, 3.8) is 0 Å². The highest BCUT2D eigenvalue weighted by Crippen LogP contribution is 2.30. The molecule has 10 heteroatoms. The first kappa shape index (κ1) is 21.2. The fourth-order valence-corrected chi connectivity index (χ4v) is 3.27. The molecule has 0 aliphatic rings. The van der Waals surface area contributed by atoms with Crippen molar-refractivity contribution < 1.29 is 19.1 Å². The number of aromatic nitrogens is 3. The summed E-state index contributed by atoms with van der Waals surface area (Å²) in [4.78, 5) is 24.8. The van der Waals surface area contributed by atoms with Crippen molar-refractivity contribution in [2.24, 2.45) is 7.05 Å². The Labute approximate surface area is 177 Å². The van der Waals surface area contributed by atoms with Gasteiger partial charge in [0, 0.05) is 30.1 Å². The number of benzene rings is 2. The number of methoxy groups -OCH3 is 2. The van der Waals surface area contributed by atoms with Crippen LogP contribution in [0.25, 0.3) is 0 Å². The molecular weight excluding hydrogens is 406 g/mol. The highest BCUT2D eigenvalue weighted by atomic mass is 32.2. The van der Waals surface area contributed by atoms with Crippen molar-refractivity contribution in [2.45, 2.75) is 5.16 Å². The Morgan fingerprint density at radius 2 is 1.80 bits per heavy atom. The van der Waals surface area contributed by atoms with Gasteiger partial charge in [-0.25, -0.2) is 0 Å². The minimum Gasteiger partial charge on any atom is -0.493 e. The lowest BCUT2D eigenvalue weighted by Crippen LogP contribution is -2.16. The summed E-state index contributed by atoms with van der Waals surface area (Å²) >= 11 is 1.28. The maximum Gasteiger partial charge on any atom is 0.255 e. The van der Waals surface area contributed by atoms with Crippen LogP contribution in [0.3, 0.4) is 0 Å². The summed E-state index contributed by atoms with van der Waals surface area (Å²) in [6, 6.07) is 11.8. The van der Waals surface area contributed by atoms with E-state index in [2.05, 4.69) is 20.8 Å². The summed E-state index contributed by atoms with van der Waals surface area (Å²) in [5.41, 5.74) is 1.49. The van der Waals surface area contributed by atoms with Crippen LogP contribution in [-0.2, 0) is 11.8 Å². The molecule has 0 unspecified atom stereocenters. The molecule has 0 saturated carbocycles. The fourth-order valence-electron chi connectivity index (χ4n) is 2.59. The third kappa shape index (κ3) is 5.29. The van der Waals surface area contributed by atoms with Gasteiger partial charge < -0.3 is 24.7 Å². The second-order valence-electron chi connectivity index (χ2n) is 6.17. The third-order valence-corrected chi connectivity index (χ3v) is 5.09. The summed E-state index contributed by atoms with van der Waals surface area (Å²) in [7, 11) is 4.88. The van der Waals surface area contributed by atoms with Gasteiger partial charge in [-0.3, -0.25) is 9.59 Å². The van der Waals surface area contributed by atoms with Crippen LogP contribution in [0.5, 0.6) is 11.5 Å². The monoisotopic (exact) mass is 427 g/mol. The molecule has 0 aliphatic carbocycles. The highest BCUT2D eigenvalue weighted by Gasteiger charge is 2.12. The number of nitrogens with zero attached hydrogens (tertiary/aromatic N) is 3. The first-order valence-corrected chi connectivity index (χ1v) is 9.89. The number of anilines is 2. The normalized spacial score (nSPS) is 10.4. The molecule has 0 saturated heterocycles. The van der Waals surface area contributed by atoms with Gasteiger partial charge in [0.2, 0.25) is 5.91 Å². The molecule has 0 radical (unpaired) electrons. The Hall–Kier alpha value is -3.53. The first-order valence-electron chi connectivity index (χ1n) is 8.90. The number of hydrogen-bond acceptors (Lipinski definition) is 7. The lowest BCUT2D eigenvalue weighted by molar-refractivity contribution is -0.113. The predicted octanol–water partition coefficient (Wildman–Crippen LogP) is 2.82. The minimum atomic E-state index is -0.313. The molecular formula is C20H21N5O4S. The zero-order valence-electron chi connectivity index (χ0n) is 16.7. The molecule has 156 valence electrons. The standard InChI is InChI=1S/C20H21N5O4S/c1-25-12-21-24-20(25)30-11-18(26)22-14-6-4-5-13(9-14)19(27)23-15-7-8-16(28-2)17(10-15)29-3/h4-10,12H,11H2,1-3H3,(H,22,26)(H,23,27). The van der Waals surface area contributed by atoms with E-state index >= 15 is 0 Å². The van der Waals surface area contributed by atoms with E-state index in [-0.39, 0.29) is 17.6 Å². The molecule has 0 spiro atoms. The van der Waals surface area contributed by atoms with Crippen LogP contribution in [0.1, 0.15) is 10.4 Å². The SMILES string of the molecule is COc1ccc(NC(=O)c2cccc(NC(=O)CSc3nncn3C)c2)cc1OC. The van der Waals surface area contributed by atoms with E-state index in [9.17, 15) is 9.59 Å². The molecule has 0 fully saturated rings. The van der Waals surface area contributed by atoms with Crippen molar-refractivity contribution in [1.82, 2.24) is 14.8 Å². The zero-order chi connectivity index (χ0) is 21.5. The highest BCUT2D eigenvalue weighted by molar-refractivity contribution is 7.99. The largest absolute Gasteiger partial charge is 0.493 e. The quantitative estimate of drug-likeness (QED) is 0.532. The van der Waals surface area contributed by atoms with Gasteiger partial charge in [0.15, 0.2) is 16.7 Å². The lowest BCUT2D eigenvalue weighted by Gasteiger charge is -2.11. The van der Waals surface area contributed by atoms with Crippen LogP contribution in [0, 0.1) is 0 Å². The first-order chi connectivity index (χ1) is 14.5. The van der Waals surface area contributed by atoms with Crippen LogP contribution >= 0.6 is 11.8 Å². The van der Waals surface area contributed by atoms with Crippen LogP contribution in [0.2, 0.25) is 0 Å². The molecule has 1 aromatic heterocycles. The number of carbonyl (C=O) groups is 2. The smallest absolute Gasteiger partial charge is 0.255 e. The number of aryl methyl sites for hydroxylation is 1. The predicted molar refractivity (Wildman–Crippen MR) is 114 cm³/mol. The molecule has 1 heterocycles. The number of amides is 2. The van der Waals surface area contributed by atoms with E-state index in [1.807, 2.05) is 0 Å². The van der Waals surface area contributed by atoms with Crippen molar-refractivity contribution in [3.8, 4) is 11.5 Å². The Balaban J connectivity index is 1.62. The topological polar surface area (TPSA) is 107 Å². The molecule has 2 aromatic carbocycles. The van der Waals surface area contributed by atoms with Gasteiger partial charge in [-0.05, 0) is 30.3 Å². The lowest BCUT2D eigenvalue weighted by atomic mass is 10.1. The molecule has 3 rings (SSSR count). The van der Waals surface area contributed by atoms with Crippen LogP contribution in [0.15, 0.2) is 53.9 Å². The molecule has 2 N–H and O–H groups in total. The van der Waals surface area contributed by atoms with Gasteiger partial charge in [-0.1, -0.05) is 17.8 Å². The summed E-state index contributed by atoms with van der Waals surface area (Å²) in [5, 5.41) is 13.9. The molecule has 0 bridgehead atoms. The summed E-state index contributed by atoms with van der Waals surface area (Å²) < 4.78 is 12.2. The molecule has 2 amide bonds. The van der Waals surface area contributed by atoms with Gasteiger partial charge in [-0.15, -0.1) is 10.2 Å². The zero-order valence-corrected chi connectivity index (χ0v) is 17.5. The summed E-state index contributed by atoms with van der Waals surface area (Å²) in [5.74, 6) is 0.734. The van der Waals surface area contributed by atoms with Gasteiger partial charge in [0.25, 0.3) is 5.91 Å². The van der Waals surface area contributed by atoms with Crippen molar-refractivity contribution >= 4 is 35.0 Å². The van der Waals surface area contributed by atoms with Gasteiger partial charge in [0.05, 0.1) is 20.0 Å². The fraction of sp³-hybridized carbons (Fsp3) is 0.200. The maximum absolute atomic E-state index is 12.6. The number of nitrogens with one attached hydrogen (secondary N) is 2. The Morgan fingerprint density at radius 3 is 2.50 bits per heavy atom. The molecule has 0 aliphatic heterocycles. The van der Waals surface area contributed by atoms with Crippen molar-refractivity contribution in [3.05, 3.63) is 54.4 Å². The van der Waals surface area contributed by atoms with Crippen LogP contribution in [0.4, 0.5) is 11.4 Å². The van der Waals surface area contributed by atoms with E-state index < -0.39 is 0 Å². The maximum atomic E-state index is 12.6. The minimum absolute atomic E-state index is 0.175. The number of thioether (sulfide) groups is 1. The summed E-state index contributed by atoms with van der Waals surface area (Å²) in [6.45, 7) is 0. The number of hydrogen-bond donors (Lipinski definition) is 2. The second kappa shape index (κ2) is 9.79. The molecule has 0 atom stereocenters. The number of carbonyl (C=O) groups excluding carboxylic acids is 2. The number of ether oxygens (including phenoxy) is 2. The van der Waals surface area contributed by atoms with Crippen LogP contribution < -0.4 is 20.1 Å². The van der Waals surface area contributed by atoms with Gasteiger partial charge in [-0.2, -0.15) is 0 Å². The second-order valence-corrected chi connectivity index (χ2v) is 7.11. The van der Waals surface area contributed by atoms with Gasteiger partial charge in [0.1, 0.15) is 6.33 Å². The Bertz CT molecular complexity index is 1050. The number of rotatable bonds is 8. The molecule has 9 nitrogen and oxygen atoms in total. The van der Waals surface area contributed by atoms with Crippen LogP contribution in [-0.4, -0.2) is 46.6 Å². The van der Waals surface area contributed by atoms with E-state index in [0.29, 0.717) is 33.6 Å². The molecule has 3 aromatic rings. The van der Waals surface area contributed by atoms with E-state index in [1.165, 1.54) is 18.9 Å². The Kier molecular flexibility index (Phi) is 6.91. The van der Waals surface area contributed by atoms with Crippen molar-refractivity contribution in [1.29, 1.82) is 0 Å².